The number of rotatable bonds is 69. The first kappa shape index (κ1) is 79.1. The molecule has 0 fully saturated rings. The lowest BCUT2D eigenvalue weighted by molar-refractivity contribution is -0.123. The molecule has 0 saturated carbocycles. The van der Waals surface area contributed by atoms with Crippen LogP contribution in [0.1, 0.15) is 406 Å². The molecule has 0 aromatic heterocycles. The van der Waals surface area contributed by atoms with Gasteiger partial charge in [-0.05, 0) is 57.8 Å². The fourth-order valence-corrected chi connectivity index (χ4v) is 11.7. The lowest BCUT2D eigenvalue weighted by atomic mass is 10.0. The van der Waals surface area contributed by atoms with Gasteiger partial charge in [0.25, 0.3) is 0 Å². The van der Waals surface area contributed by atoms with E-state index in [9.17, 15) is 15.0 Å². The number of hydrogen-bond donors (Lipinski definition) is 3. The quantitative estimate of drug-likeness (QED) is 0.0420. The van der Waals surface area contributed by atoms with E-state index in [4.69, 9.17) is 0 Å². The molecule has 476 valence electrons. The predicted molar refractivity (Wildman–Crippen MR) is 364 cm³/mol. The second-order valence-electron chi connectivity index (χ2n) is 25.3. The molecule has 0 aromatic rings. The average Bonchev–Trinajstić information content (AvgIpc) is 3.47. The third-order valence-corrected chi connectivity index (χ3v) is 17.3. The summed E-state index contributed by atoms with van der Waals surface area (Å²) in [6, 6.07) is -0.537. The van der Waals surface area contributed by atoms with Gasteiger partial charge in [0, 0.05) is 6.42 Å². The van der Waals surface area contributed by atoms with Crippen LogP contribution in [0.2, 0.25) is 0 Å². The van der Waals surface area contributed by atoms with E-state index in [0.717, 1.165) is 57.8 Å². The van der Waals surface area contributed by atoms with Crippen LogP contribution in [0, 0.1) is 0 Å². The minimum Gasteiger partial charge on any atom is -0.394 e. The first-order chi connectivity index (χ1) is 40.2. The van der Waals surface area contributed by atoms with E-state index in [2.05, 4.69) is 79.9 Å². The van der Waals surface area contributed by atoms with E-state index in [1.54, 1.807) is 0 Å². The summed E-state index contributed by atoms with van der Waals surface area (Å²) in [5.74, 6) is -0.0224. The van der Waals surface area contributed by atoms with Crippen LogP contribution in [0.5, 0.6) is 0 Å². The molecule has 2 atom stereocenters. The summed E-state index contributed by atoms with van der Waals surface area (Å²) in [6.07, 6.45) is 103. The fourth-order valence-electron chi connectivity index (χ4n) is 11.7. The number of carbonyl (C=O) groups is 1. The molecule has 0 radical (unpaired) electrons. The number of carbonyl (C=O) groups excluding carboxylic acids is 1. The lowest BCUT2D eigenvalue weighted by Gasteiger charge is -2.22. The Hall–Kier alpha value is -1.91. The van der Waals surface area contributed by atoms with Crippen LogP contribution in [0.25, 0.3) is 0 Å². The van der Waals surface area contributed by atoms with Gasteiger partial charge >= 0.3 is 0 Å². The number of allylic oxidation sites excluding steroid dienone is 10. The van der Waals surface area contributed by atoms with Gasteiger partial charge in [0.1, 0.15) is 0 Å². The number of nitrogens with one attached hydrogen (secondary N) is 1. The van der Waals surface area contributed by atoms with E-state index in [1.165, 1.54) is 321 Å². The Labute approximate surface area is 508 Å². The van der Waals surface area contributed by atoms with Crippen LogP contribution in [-0.4, -0.2) is 34.9 Å². The summed E-state index contributed by atoms with van der Waals surface area (Å²) < 4.78 is 0. The number of amides is 1. The van der Waals surface area contributed by atoms with Gasteiger partial charge in [0.05, 0.1) is 18.8 Å². The third-order valence-electron chi connectivity index (χ3n) is 17.3. The van der Waals surface area contributed by atoms with Crippen LogP contribution < -0.4 is 5.32 Å². The Balaban J connectivity index is 3.38. The minimum atomic E-state index is -0.660. The second-order valence-corrected chi connectivity index (χ2v) is 25.3. The van der Waals surface area contributed by atoms with Crippen molar-refractivity contribution in [2.75, 3.05) is 6.61 Å². The standard InChI is InChI=1S/C77H145NO3/c1-3-5-7-9-11-13-15-17-19-21-23-25-27-29-31-33-34-35-36-37-38-39-40-41-42-43-44-45-47-49-51-53-55-57-59-61-63-65-67-69-71-73-77(81)78-75(74-79)76(80)72-70-68-66-64-62-60-58-56-54-52-50-48-46-32-30-28-26-24-22-20-18-16-14-12-10-8-6-4-2/h5,7,11,13,17,19,23,25,29,31,75-76,79-80H,3-4,6,8-10,12,14-16,18,20-22,24,26-28,30,32-74H2,1-2H3,(H,78,81)/b7-5-,13-11-,19-17-,25-23-,31-29-. The highest BCUT2D eigenvalue weighted by molar-refractivity contribution is 5.76. The molecule has 0 bridgehead atoms. The highest BCUT2D eigenvalue weighted by Crippen LogP contribution is 2.20. The Bertz CT molecular complexity index is 1330. The Morgan fingerprint density at radius 3 is 0.815 bits per heavy atom. The largest absolute Gasteiger partial charge is 0.394 e. The molecule has 0 aromatic carbocycles. The van der Waals surface area contributed by atoms with Crippen molar-refractivity contribution in [1.82, 2.24) is 5.32 Å². The fraction of sp³-hybridized carbons (Fsp3) is 0.857. The molecular formula is C77H145NO3. The van der Waals surface area contributed by atoms with Crippen molar-refractivity contribution < 1.29 is 15.0 Å². The molecular weight excluding hydrogens is 987 g/mol. The van der Waals surface area contributed by atoms with E-state index in [-0.39, 0.29) is 12.5 Å². The van der Waals surface area contributed by atoms with Crippen molar-refractivity contribution in [3.05, 3.63) is 60.8 Å². The molecule has 0 aliphatic heterocycles. The first-order valence-corrected chi connectivity index (χ1v) is 37.0. The number of aliphatic hydroxyl groups excluding tert-OH is 2. The van der Waals surface area contributed by atoms with Crippen molar-refractivity contribution in [2.45, 2.75) is 418 Å². The topological polar surface area (TPSA) is 69.6 Å². The number of hydrogen-bond acceptors (Lipinski definition) is 3. The highest BCUT2D eigenvalue weighted by Gasteiger charge is 2.20. The summed E-state index contributed by atoms with van der Waals surface area (Å²) >= 11 is 0. The van der Waals surface area contributed by atoms with Crippen LogP contribution in [0.3, 0.4) is 0 Å². The van der Waals surface area contributed by atoms with Gasteiger partial charge in [-0.1, -0.05) is 402 Å². The normalized spacial score (nSPS) is 13.0. The maximum absolute atomic E-state index is 12.6. The van der Waals surface area contributed by atoms with Crippen molar-refractivity contribution in [3.8, 4) is 0 Å². The van der Waals surface area contributed by atoms with Crippen LogP contribution in [0.15, 0.2) is 60.8 Å². The molecule has 0 aliphatic rings. The Kier molecular flexibility index (Phi) is 70.6. The third kappa shape index (κ3) is 68.8. The van der Waals surface area contributed by atoms with E-state index >= 15 is 0 Å². The zero-order chi connectivity index (χ0) is 58.4. The van der Waals surface area contributed by atoms with E-state index in [0.29, 0.717) is 12.8 Å². The molecule has 2 unspecified atom stereocenters. The van der Waals surface area contributed by atoms with E-state index in [1.807, 2.05) is 0 Å². The second kappa shape index (κ2) is 72.3. The summed E-state index contributed by atoms with van der Waals surface area (Å²) in [7, 11) is 0. The number of aliphatic hydroxyl groups is 2. The van der Waals surface area contributed by atoms with Crippen molar-refractivity contribution in [2.24, 2.45) is 0 Å². The smallest absolute Gasteiger partial charge is 0.220 e. The molecule has 4 heteroatoms. The maximum atomic E-state index is 12.6. The molecule has 81 heavy (non-hydrogen) atoms. The molecule has 0 heterocycles. The monoisotopic (exact) mass is 1130 g/mol. The van der Waals surface area contributed by atoms with Gasteiger partial charge in [-0.2, -0.15) is 0 Å². The van der Waals surface area contributed by atoms with Crippen LogP contribution in [0.4, 0.5) is 0 Å². The zero-order valence-electron chi connectivity index (χ0n) is 55.1. The minimum absolute atomic E-state index is 0.0224. The van der Waals surface area contributed by atoms with Crippen molar-refractivity contribution >= 4 is 5.91 Å². The first-order valence-electron chi connectivity index (χ1n) is 37.0. The summed E-state index contributed by atoms with van der Waals surface area (Å²) in [6.45, 7) is 4.29. The average molecular weight is 1130 g/mol. The molecule has 4 nitrogen and oxygen atoms in total. The molecule has 3 N–H and O–H groups in total. The van der Waals surface area contributed by atoms with Gasteiger partial charge in [-0.15, -0.1) is 0 Å². The molecule has 0 spiro atoms. The number of unbranched alkanes of at least 4 members (excludes halogenated alkanes) is 52. The zero-order valence-corrected chi connectivity index (χ0v) is 55.1. The van der Waals surface area contributed by atoms with Gasteiger partial charge in [0.15, 0.2) is 0 Å². The van der Waals surface area contributed by atoms with Crippen molar-refractivity contribution in [3.63, 3.8) is 0 Å². The van der Waals surface area contributed by atoms with Gasteiger partial charge < -0.3 is 15.5 Å². The van der Waals surface area contributed by atoms with Gasteiger partial charge in [-0.3, -0.25) is 4.79 Å². The Morgan fingerprint density at radius 1 is 0.309 bits per heavy atom. The van der Waals surface area contributed by atoms with Gasteiger partial charge in [0.2, 0.25) is 5.91 Å². The van der Waals surface area contributed by atoms with Crippen LogP contribution >= 0.6 is 0 Å². The van der Waals surface area contributed by atoms with E-state index < -0.39 is 12.1 Å². The predicted octanol–water partition coefficient (Wildman–Crippen LogP) is 25.4. The summed E-state index contributed by atoms with van der Waals surface area (Å²) in [4.78, 5) is 12.6. The summed E-state index contributed by atoms with van der Waals surface area (Å²) in [5.41, 5.74) is 0. The van der Waals surface area contributed by atoms with Crippen molar-refractivity contribution in [1.29, 1.82) is 0 Å². The van der Waals surface area contributed by atoms with Crippen LogP contribution in [-0.2, 0) is 4.79 Å². The molecule has 0 aliphatic carbocycles. The Morgan fingerprint density at radius 2 is 0.543 bits per heavy atom. The van der Waals surface area contributed by atoms with Gasteiger partial charge in [-0.25, -0.2) is 0 Å². The molecule has 1 amide bonds. The maximum Gasteiger partial charge on any atom is 0.220 e. The highest BCUT2D eigenvalue weighted by atomic mass is 16.3. The molecule has 0 saturated heterocycles. The SMILES string of the molecule is CC/C=C\C/C=C\C/C=C\C/C=C\C/C=C\CCCCCCCCCCCCCCCCCCCCCCCCCCCC(=O)NC(CO)C(O)CCCCCCCCCCCCCCCCCCCCCCCCCCCCCC. The molecule has 0 rings (SSSR count). The lowest BCUT2D eigenvalue weighted by Crippen LogP contribution is -2.45. The summed E-state index contributed by atoms with van der Waals surface area (Å²) in [5, 5.41) is 23.5.